The second kappa shape index (κ2) is 24.4. The minimum absolute atomic E-state index is 0.0189. The second-order valence-electron chi connectivity index (χ2n) is 18.9. The number of aryl methyl sites for hydroxylation is 2. The molecule has 392 valence electrons. The molecule has 0 aliphatic carbocycles. The SMILES string of the molecule is CCN(CC)CCCC[C@H](NC(=O)[C@@H](NC(=O)CCCC#Cc1cnc(S(C)(=O)=O)nc1)C(C)C)C(=O)NCC(=O)NCCCc1c2c(nc3cc(F)c(C)cc13)-c1cc3c(c(=O)n1C2)COC(=O)[C@]3(O)CC. The van der Waals surface area contributed by atoms with Gasteiger partial charge in [0, 0.05) is 60.6 Å². The molecule has 4 aromatic rings. The number of benzene rings is 1. The van der Waals surface area contributed by atoms with Gasteiger partial charge < -0.3 is 40.6 Å². The number of aliphatic hydroxyl groups is 1. The zero-order chi connectivity index (χ0) is 53.2. The largest absolute Gasteiger partial charge is 0.458 e. The van der Waals surface area contributed by atoms with E-state index in [2.05, 4.69) is 61.8 Å². The molecule has 0 radical (unpaired) electrons. The molecule has 0 fully saturated rings. The number of sulfone groups is 1. The normalized spacial score (nSPS) is 15.6. The van der Waals surface area contributed by atoms with Gasteiger partial charge in [0.15, 0.2) is 5.60 Å². The Balaban J connectivity index is 1.06. The van der Waals surface area contributed by atoms with Crippen LogP contribution in [-0.2, 0) is 63.7 Å². The smallest absolute Gasteiger partial charge is 0.343 e. The van der Waals surface area contributed by atoms with E-state index < -0.39 is 62.6 Å². The van der Waals surface area contributed by atoms with Crippen LogP contribution in [0, 0.1) is 30.5 Å². The zero-order valence-corrected chi connectivity index (χ0v) is 43.4. The minimum atomic E-state index is -3.54. The number of hydrogen-bond acceptors (Lipinski definition) is 14. The summed E-state index contributed by atoms with van der Waals surface area (Å²) in [6.45, 7) is 13.2. The first-order valence-electron chi connectivity index (χ1n) is 24.9. The number of rotatable bonds is 23. The van der Waals surface area contributed by atoms with E-state index in [1.807, 2.05) is 0 Å². The highest BCUT2D eigenvalue weighted by Gasteiger charge is 2.45. The Hall–Kier alpha value is -6.63. The molecule has 6 rings (SSSR count). The Labute approximate surface area is 424 Å². The van der Waals surface area contributed by atoms with Crippen molar-refractivity contribution in [3.63, 3.8) is 0 Å². The number of esters is 1. The third-order valence-corrected chi connectivity index (χ3v) is 14.2. The van der Waals surface area contributed by atoms with Crippen molar-refractivity contribution in [1.82, 2.24) is 45.7 Å². The first-order chi connectivity index (χ1) is 34.7. The second-order valence-corrected chi connectivity index (χ2v) is 20.8. The van der Waals surface area contributed by atoms with Crippen molar-refractivity contribution >= 4 is 50.3 Å². The van der Waals surface area contributed by atoms with Gasteiger partial charge in [-0.15, -0.1) is 0 Å². The number of carbonyl (C=O) groups excluding carboxylic acids is 5. The Kier molecular flexibility index (Phi) is 18.6. The van der Waals surface area contributed by atoms with Gasteiger partial charge in [-0.3, -0.25) is 24.0 Å². The molecule has 1 aromatic carbocycles. The molecule has 0 saturated heterocycles. The van der Waals surface area contributed by atoms with Gasteiger partial charge >= 0.3 is 5.97 Å². The summed E-state index contributed by atoms with van der Waals surface area (Å²) in [6.07, 6.45) is 6.87. The zero-order valence-electron chi connectivity index (χ0n) is 42.6. The number of cyclic esters (lactones) is 1. The van der Waals surface area contributed by atoms with Crippen molar-refractivity contribution < 1.29 is 46.6 Å². The number of nitrogens with zero attached hydrogens (tertiary/aromatic N) is 5. The molecule has 73 heavy (non-hydrogen) atoms. The van der Waals surface area contributed by atoms with Crippen LogP contribution in [0.1, 0.15) is 119 Å². The van der Waals surface area contributed by atoms with E-state index in [0.717, 1.165) is 43.4 Å². The summed E-state index contributed by atoms with van der Waals surface area (Å²) in [5, 5.41) is 22.9. The van der Waals surface area contributed by atoms with Crippen molar-refractivity contribution in [2.24, 2.45) is 5.92 Å². The number of unbranched alkanes of at least 4 members (excludes halogenated alkanes) is 2. The Morgan fingerprint density at radius 2 is 1.68 bits per heavy atom. The Bertz CT molecular complexity index is 2980. The number of fused-ring (bicyclic) bond motifs is 5. The van der Waals surface area contributed by atoms with Crippen molar-refractivity contribution in [2.75, 3.05) is 39.0 Å². The lowest BCUT2D eigenvalue weighted by Gasteiger charge is -2.31. The van der Waals surface area contributed by atoms with Crippen molar-refractivity contribution in [3.05, 3.63) is 80.1 Å². The summed E-state index contributed by atoms with van der Waals surface area (Å²) >= 11 is 0. The predicted molar refractivity (Wildman–Crippen MR) is 270 cm³/mol. The highest BCUT2D eigenvalue weighted by atomic mass is 32.2. The van der Waals surface area contributed by atoms with Crippen LogP contribution in [0.25, 0.3) is 22.3 Å². The third-order valence-electron chi connectivity index (χ3n) is 13.3. The molecule has 2 aliphatic rings. The number of aromatic nitrogens is 4. The van der Waals surface area contributed by atoms with Gasteiger partial charge in [-0.05, 0) is 101 Å². The van der Waals surface area contributed by atoms with E-state index in [0.29, 0.717) is 65.5 Å². The monoisotopic (exact) mass is 1030 g/mol. The molecule has 5 N–H and O–H groups in total. The molecule has 21 heteroatoms. The number of halogens is 1. The maximum atomic E-state index is 15.0. The quantitative estimate of drug-likeness (QED) is 0.0273. The maximum absolute atomic E-state index is 15.0. The van der Waals surface area contributed by atoms with Gasteiger partial charge in [-0.25, -0.2) is 32.6 Å². The fourth-order valence-corrected chi connectivity index (χ4v) is 9.52. The molecule has 3 aromatic heterocycles. The molecule has 3 atom stereocenters. The topological polar surface area (TPSA) is 261 Å². The molecule has 0 bridgehead atoms. The number of carbonyl (C=O) groups is 5. The Morgan fingerprint density at radius 1 is 0.959 bits per heavy atom. The lowest BCUT2D eigenvalue weighted by molar-refractivity contribution is -0.172. The fraction of sp³-hybridized carbons (Fsp3) is 0.519. The first-order valence-corrected chi connectivity index (χ1v) is 26.8. The van der Waals surface area contributed by atoms with Crippen LogP contribution in [0.4, 0.5) is 4.39 Å². The van der Waals surface area contributed by atoms with Crippen LogP contribution in [0.3, 0.4) is 0 Å². The molecule has 19 nitrogen and oxygen atoms in total. The van der Waals surface area contributed by atoms with E-state index in [1.165, 1.54) is 23.0 Å². The lowest BCUT2D eigenvalue weighted by atomic mass is 9.86. The van der Waals surface area contributed by atoms with E-state index in [4.69, 9.17) is 9.72 Å². The van der Waals surface area contributed by atoms with Crippen molar-refractivity contribution in [3.8, 4) is 23.2 Å². The van der Waals surface area contributed by atoms with Gasteiger partial charge in [0.25, 0.3) is 5.56 Å². The summed E-state index contributed by atoms with van der Waals surface area (Å²) in [5.74, 6) is 2.18. The summed E-state index contributed by atoms with van der Waals surface area (Å²) in [6, 6.07) is 2.70. The minimum Gasteiger partial charge on any atom is -0.458 e. The summed E-state index contributed by atoms with van der Waals surface area (Å²) in [5.41, 5.74) is 1.45. The summed E-state index contributed by atoms with van der Waals surface area (Å²) in [7, 11) is -3.54. The van der Waals surface area contributed by atoms with E-state index in [1.54, 1.807) is 39.8 Å². The van der Waals surface area contributed by atoms with Gasteiger partial charge in [-0.2, -0.15) is 0 Å². The van der Waals surface area contributed by atoms with Gasteiger partial charge in [0.05, 0.1) is 41.1 Å². The van der Waals surface area contributed by atoms with E-state index >= 15 is 4.39 Å². The lowest BCUT2D eigenvalue weighted by Crippen LogP contribution is -2.56. The van der Waals surface area contributed by atoms with Crippen molar-refractivity contribution in [1.29, 1.82) is 0 Å². The van der Waals surface area contributed by atoms with Crippen molar-refractivity contribution in [2.45, 2.75) is 135 Å². The van der Waals surface area contributed by atoms with Crippen LogP contribution in [0.15, 0.2) is 40.5 Å². The number of nitrogens with one attached hydrogen (secondary N) is 4. The average Bonchev–Trinajstić information content (AvgIpc) is 3.72. The van der Waals surface area contributed by atoms with Crippen LogP contribution in [-0.4, -0.2) is 119 Å². The maximum Gasteiger partial charge on any atom is 0.343 e. The standard InChI is InChI=1S/C52H66FN9O10S/c1-8-52(69)38-24-42-46-36(29-62(42)49(67)37(38)30-72-50(52)68)34(35-23-32(6)39(53)25-41(35)58-46)18-16-21-54-44(64)28-55-47(65)40(19-14-15-22-61(9-2)10-3)59-48(66)45(31(4)5)60-43(63)20-13-11-12-17-33-26-56-51(57-27-33)73(7,70)71/h23-27,31,40,45,69H,8-11,13-16,18-22,28-30H2,1-7H3,(H,54,64)(H,55,65)(H,59,66)(H,60,63)/t40-,45-,52-/m0/s1. The summed E-state index contributed by atoms with van der Waals surface area (Å²) in [4.78, 5) is 95.0. The van der Waals surface area contributed by atoms with Crippen LogP contribution in [0.5, 0.6) is 0 Å². The van der Waals surface area contributed by atoms with Crippen LogP contribution in [0.2, 0.25) is 0 Å². The van der Waals surface area contributed by atoms with Crippen LogP contribution >= 0.6 is 0 Å². The molecular weight excluding hydrogens is 962 g/mol. The van der Waals surface area contributed by atoms with Crippen LogP contribution < -0.4 is 26.8 Å². The Morgan fingerprint density at radius 3 is 2.36 bits per heavy atom. The highest BCUT2D eigenvalue weighted by Crippen LogP contribution is 2.41. The molecule has 2 aliphatic heterocycles. The van der Waals surface area contributed by atoms with E-state index in [9.17, 15) is 42.3 Å². The average molecular weight is 1030 g/mol. The fourth-order valence-electron chi connectivity index (χ4n) is 9.03. The summed E-state index contributed by atoms with van der Waals surface area (Å²) < 4.78 is 45.0. The first kappa shape index (κ1) is 55.7. The molecule has 0 spiro atoms. The molecular formula is C52H66FN9O10S. The van der Waals surface area contributed by atoms with Gasteiger partial charge in [0.1, 0.15) is 24.5 Å². The van der Waals surface area contributed by atoms with E-state index in [-0.39, 0.29) is 73.6 Å². The highest BCUT2D eigenvalue weighted by molar-refractivity contribution is 7.90. The molecule has 5 heterocycles. The number of amides is 4. The number of hydrogen-bond donors (Lipinski definition) is 5. The third kappa shape index (κ3) is 13.3. The predicted octanol–water partition coefficient (Wildman–Crippen LogP) is 3.25. The number of pyridine rings is 2. The number of ether oxygens (including phenoxy) is 1. The molecule has 0 unspecified atom stereocenters. The molecule has 4 amide bonds. The molecule has 0 saturated carbocycles. The van der Waals surface area contributed by atoms with Gasteiger partial charge in [0.2, 0.25) is 38.6 Å². The van der Waals surface area contributed by atoms with Gasteiger partial charge in [-0.1, -0.05) is 46.5 Å².